The number of carbonyl (C=O) groups is 1. The smallest absolute Gasteiger partial charge is 0.434 e. The third kappa shape index (κ3) is 3.72. The number of ether oxygens (including phenoxy) is 2. The van der Waals surface area contributed by atoms with E-state index in [-0.39, 0.29) is 18.4 Å². The van der Waals surface area contributed by atoms with Gasteiger partial charge in [0.05, 0.1) is 23.0 Å². The number of halogens is 2. The Kier molecular flexibility index (Phi) is 5.32. The zero-order chi connectivity index (χ0) is 16.3. The maximum absolute atomic E-state index is 11.4. The van der Waals surface area contributed by atoms with Gasteiger partial charge in [0.2, 0.25) is 5.88 Å². The summed E-state index contributed by atoms with van der Waals surface area (Å²) in [6, 6.07) is 6.81. The molecule has 2 aromatic rings. The SMILES string of the molecule is CCOC(=O)Oc1cc(C(C)C)n(-c2ccc(Cl)cc2Cl)n1. The Labute approximate surface area is 138 Å². The highest BCUT2D eigenvalue weighted by atomic mass is 35.5. The molecule has 118 valence electrons. The molecule has 0 amide bonds. The van der Waals surface area contributed by atoms with E-state index < -0.39 is 6.16 Å². The fourth-order valence-electron chi connectivity index (χ4n) is 1.91. The largest absolute Gasteiger partial charge is 0.515 e. The van der Waals surface area contributed by atoms with Crippen LogP contribution in [0.15, 0.2) is 24.3 Å². The third-order valence-corrected chi connectivity index (χ3v) is 3.43. The molecule has 1 heterocycles. The average Bonchev–Trinajstić information content (AvgIpc) is 2.82. The van der Waals surface area contributed by atoms with Crippen LogP contribution in [0, 0.1) is 0 Å². The minimum absolute atomic E-state index is 0.152. The fraction of sp³-hybridized carbons (Fsp3) is 0.333. The fourth-order valence-corrected chi connectivity index (χ4v) is 2.40. The minimum Gasteiger partial charge on any atom is -0.434 e. The molecule has 0 bridgehead atoms. The molecule has 0 radical (unpaired) electrons. The van der Waals surface area contributed by atoms with Crippen LogP contribution in [-0.4, -0.2) is 22.5 Å². The van der Waals surface area contributed by atoms with Crippen LogP contribution in [0.1, 0.15) is 32.4 Å². The molecule has 0 atom stereocenters. The van der Waals surface area contributed by atoms with Crippen molar-refractivity contribution in [1.29, 1.82) is 0 Å². The van der Waals surface area contributed by atoms with E-state index in [4.69, 9.17) is 32.7 Å². The van der Waals surface area contributed by atoms with Crippen molar-refractivity contribution in [3.05, 3.63) is 40.0 Å². The molecule has 0 aliphatic heterocycles. The first-order valence-corrected chi connectivity index (χ1v) is 7.58. The van der Waals surface area contributed by atoms with E-state index in [9.17, 15) is 4.79 Å². The van der Waals surface area contributed by atoms with Crippen LogP contribution >= 0.6 is 23.2 Å². The van der Waals surface area contributed by atoms with E-state index in [0.29, 0.717) is 15.7 Å². The number of aromatic nitrogens is 2. The highest BCUT2D eigenvalue weighted by Gasteiger charge is 2.18. The standard InChI is InChI=1S/C15H16Cl2N2O3/c1-4-21-15(20)22-14-8-13(9(2)3)19(18-14)12-6-5-10(16)7-11(12)17/h5-9H,4H2,1-3H3. The quantitative estimate of drug-likeness (QED) is 0.746. The maximum Gasteiger partial charge on any atom is 0.515 e. The molecule has 22 heavy (non-hydrogen) atoms. The van der Waals surface area contributed by atoms with Crippen molar-refractivity contribution in [1.82, 2.24) is 9.78 Å². The van der Waals surface area contributed by atoms with Crippen LogP contribution in [0.5, 0.6) is 5.88 Å². The summed E-state index contributed by atoms with van der Waals surface area (Å²) in [4.78, 5) is 11.4. The molecular formula is C15H16Cl2N2O3. The summed E-state index contributed by atoms with van der Waals surface area (Å²) in [5.74, 6) is 0.312. The molecule has 0 unspecified atom stereocenters. The molecule has 0 saturated carbocycles. The second kappa shape index (κ2) is 7.03. The molecule has 5 nitrogen and oxygen atoms in total. The summed E-state index contributed by atoms with van der Waals surface area (Å²) in [5, 5.41) is 5.28. The molecule has 0 aliphatic carbocycles. The minimum atomic E-state index is -0.787. The van der Waals surface area contributed by atoms with Crippen molar-refractivity contribution in [3.63, 3.8) is 0 Å². The van der Waals surface area contributed by atoms with Crippen molar-refractivity contribution in [3.8, 4) is 11.6 Å². The van der Waals surface area contributed by atoms with Gasteiger partial charge in [-0.2, -0.15) is 0 Å². The van der Waals surface area contributed by atoms with E-state index >= 15 is 0 Å². The van der Waals surface area contributed by atoms with Gasteiger partial charge in [-0.15, -0.1) is 5.10 Å². The van der Waals surface area contributed by atoms with Gasteiger partial charge in [-0.3, -0.25) is 0 Å². The lowest BCUT2D eigenvalue weighted by Crippen LogP contribution is -2.10. The van der Waals surface area contributed by atoms with E-state index in [0.717, 1.165) is 5.69 Å². The lowest BCUT2D eigenvalue weighted by Gasteiger charge is -2.11. The highest BCUT2D eigenvalue weighted by molar-refractivity contribution is 6.35. The molecular weight excluding hydrogens is 327 g/mol. The third-order valence-electron chi connectivity index (χ3n) is 2.89. The van der Waals surface area contributed by atoms with Gasteiger partial charge >= 0.3 is 6.16 Å². The Bertz CT molecular complexity index is 683. The zero-order valence-corrected chi connectivity index (χ0v) is 14.0. The number of benzene rings is 1. The lowest BCUT2D eigenvalue weighted by atomic mass is 10.1. The molecule has 7 heteroatoms. The molecule has 0 spiro atoms. The number of hydrogen-bond donors (Lipinski definition) is 0. The van der Waals surface area contributed by atoms with Crippen LogP contribution in [0.4, 0.5) is 4.79 Å². The predicted molar refractivity (Wildman–Crippen MR) is 85.3 cm³/mol. The second-order valence-corrected chi connectivity index (χ2v) is 5.70. The highest BCUT2D eigenvalue weighted by Crippen LogP contribution is 2.29. The lowest BCUT2D eigenvalue weighted by molar-refractivity contribution is 0.102. The number of rotatable bonds is 4. The predicted octanol–water partition coefficient (Wildman–Crippen LogP) is 4.84. The molecule has 0 saturated heterocycles. The molecule has 0 aliphatic rings. The van der Waals surface area contributed by atoms with Crippen molar-refractivity contribution in [2.75, 3.05) is 6.61 Å². The second-order valence-electron chi connectivity index (χ2n) is 4.85. The molecule has 2 rings (SSSR count). The van der Waals surface area contributed by atoms with E-state index in [1.54, 1.807) is 35.9 Å². The Morgan fingerprint density at radius 3 is 2.64 bits per heavy atom. The van der Waals surface area contributed by atoms with Crippen LogP contribution in [-0.2, 0) is 4.74 Å². The summed E-state index contributed by atoms with van der Waals surface area (Å²) in [7, 11) is 0. The normalized spacial score (nSPS) is 10.8. The molecule has 1 aromatic carbocycles. The van der Waals surface area contributed by atoms with Gasteiger partial charge < -0.3 is 9.47 Å². The number of carbonyl (C=O) groups excluding carboxylic acids is 1. The Morgan fingerprint density at radius 2 is 2.05 bits per heavy atom. The van der Waals surface area contributed by atoms with Gasteiger partial charge in [0.25, 0.3) is 0 Å². The van der Waals surface area contributed by atoms with Crippen LogP contribution < -0.4 is 4.74 Å². The number of hydrogen-bond acceptors (Lipinski definition) is 4. The van der Waals surface area contributed by atoms with Crippen molar-refractivity contribution in [2.45, 2.75) is 26.7 Å². The van der Waals surface area contributed by atoms with Gasteiger partial charge in [0.1, 0.15) is 0 Å². The van der Waals surface area contributed by atoms with Gasteiger partial charge in [-0.1, -0.05) is 37.0 Å². The van der Waals surface area contributed by atoms with E-state index in [2.05, 4.69) is 5.10 Å². The monoisotopic (exact) mass is 342 g/mol. The topological polar surface area (TPSA) is 53.4 Å². The number of nitrogens with zero attached hydrogens (tertiary/aromatic N) is 2. The average molecular weight is 343 g/mol. The molecule has 1 aromatic heterocycles. The van der Waals surface area contributed by atoms with Crippen LogP contribution in [0.25, 0.3) is 5.69 Å². The van der Waals surface area contributed by atoms with E-state index in [1.807, 2.05) is 13.8 Å². The first-order chi connectivity index (χ1) is 10.4. The van der Waals surface area contributed by atoms with Gasteiger partial charge in [0.15, 0.2) is 0 Å². The Morgan fingerprint density at radius 1 is 1.32 bits per heavy atom. The maximum atomic E-state index is 11.4. The van der Waals surface area contributed by atoms with Crippen LogP contribution in [0.2, 0.25) is 10.0 Å². The van der Waals surface area contributed by atoms with Gasteiger partial charge in [0, 0.05) is 11.1 Å². The first kappa shape index (κ1) is 16.6. The first-order valence-electron chi connectivity index (χ1n) is 6.82. The van der Waals surface area contributed by atoms with Crippen LogP contribution in [0.3, 0.4) is 0 Å². The molecule has 0 fully saturated rings. The molecule has 0 N–H and O–H groups in total. The summed E-state index contributed by atoms with van der Waals surface area (Å²) < 4.78 is 11.4. The summed E-state index contributed by atoms with van der Waals surface area (Å²) in [5.41, 5.74) is 1.51. The Balaban J connectivity index is 2.41. The summed E-state index contributed by atoms with van der Waals surface area (Å²) in [6.45, 7) is 5.95. The summed E-state index contributed by atoms with van der Waals surface area (Å²) >= 11 is 12.1. The van der Waals surface area contributed by atoms with Crippen molar-refractivity contribution < 1.29 is 14.3 Å². The Hall–Kier alpha value is -1.72. The van der Waals surface area contributed by atoms with Crippen molar-refractivity contribution >= 4 is 29.4 Å². The summed E-state index contributed by atoms with van der Waals surface area (Å²) in [6.07, 6.45) is -0.787. The van der Waals surface area contributed by atoms with E-state index in [1.165, 1.54) is 0 Å². The zero-order valence-electron chi connectivity index (χ0n) is 12.5. The van der Waals surface area contributed by atoms with Gasteiger partial charge in [-0.05, 0) is 31.0 Å². The van der Waals surface area contributed by atoms with Gasteiger partial charge in [-0.25, -0.2) is 9.48 Å². The van der Waals surface area contributed by atoms with Crippen molar-refractivity contribution in [2.24, 2.45) is 0 Å².